The van der Waals surface area contributed by atoms with Gasteiger partial charge in [-0.2, -0.15) is 0 Å². The third-order valence-electron chi connectivity index (χ3n) is 3.33. The Kier molecular flexibility index (Phi) is 5.02. The summed E-state index contributed by atoms with van der Waals surface area (Å²) in [6.45, 7) is 0. The van der Waals surface area contributed by atoms with Crippen LogP contribution in [-0.4, -0.2) is 10.6 Å². The molecule has 0 aromatic heterocycles. The minimum absolute atomic E-state index is 0.273. The standard InChI is InChI=1S/C11H22N2O2/c12-11(13(14)15)9-7-5-3-1-2-4-6-8-10-11/h1-10,12H2. The smallest absolute Gasteiger partial charge is 0.266 e. The Morgan fingerprint density at radius 2 is 1.20 bits per heavy atom. The van der Waals surface area contributed by atoms with Gasteiger partial charge >= 0.3 is 0 Å². The third kappa shape index (κ3) is 4.16. The van der Waals surface area contributed by atoms with Crippen molar-refractivity contribution in [3.8, 4) is 0 Å². The highest BCUT2D eigenvalue weighted by molar-refractivity contribution is 4.72. The zero-order valence-electron chi connectivity index (χ0n) is 9.41. The molecule has 0 unspecified atom stereocenters. The Morgan fingerprint density at radius 1 is 0.867 bits per heavy atom. The van der Waals surface area contributed by atoms with E-state index in [1.165, 1.54) is 25.7 Å². The van der Waals surface area contributed by atoms with Gasteiger partial charge in [-0.15, -0.1) is 0 Å². The fourth-order valence-electron chi connectivity index (χ4n) is 2.23. The minimum atomic E-state index is -1.15. The van der Waals surface area contributed by atoms with E-state index in [2.05, 4.69) is 0 Å². The lowest BCUT2D eigenvalue weighted by Gasteiger charge is -2.20. The summed E-state index contributed by atoms with van der Waals surface area (Å²) in [7, 11) is 0. The molecule has 0 bridgehead atoms. The molecule has 2 N–H and O–H groups in total. The third-order valence-corrected chi connectivity index (χ3v) is 3.33. The molecule has 1 aliphatic carbocycles. The van der Waals surface area contributed by atoms with Gasteiger partial charge in [0.15, 0.2) is 0 Å². The molecule has 1 aliphatic rings. The first-order chi connectivity index (χ1) is 7.15. The maximum absolute atomic E-state index is 10.9. The largest absolute Gasteiger partial charge is 0.272 e. The highest BCUT2D eigenvalue weighted by atomic mass is 16.6. The van der Waals surface area contributed by atoms with Crippen LogP contribution in [0.2, 0.25) is 0 Å². The van der Waals surface area contributed by atoms with E-state index in [1.54, 1.807) is 0 Å². The van der Waals surface area contributed by atoms with Gasteiger partial charge in [0.25, 0.3) is 5.66 Å². The molecule has 4 heteroatoms. The lowest BCUT2D eigenvalue weighted by atomic mass is 9.97. The zero-order valence-corrected chi connectivity index (χ0v) is 9.41. The van der Waals surface area contributed by atoms with Gasteiger partial charge < -0.3 is 0 Å². The van der Waals surface area contributed by atoms with Gasteiger partial charge in [-0.05, 0) is 12.8 Å². The molecule has 1 saturated carbocycles. The molecule has 1 rings (SSSR count). The van der Waals surface area contributed by atoms with E-state index in [-0.39, 0.29) is 4.92 Å². The Bertz CT molecular complexity index is 195. The quantitative estimate of drug-likeness (QED) is 0.414. The molecular weight excluding hydrogens is 192 g/mol. The average molecular weight is 214 g/mol. The highest BCUT2D eigenvalue weighted by Crippen LogP contribution is 2.23. The van der Waals surface area contributed by atoms with Crippen LogP contribution in [0.15, 0.2) is 0 Å². The monoisotopic (exact) mass is 214 g/mol. The summed E-state index contributed by atoms with van der Waals surface area (Å²) in [4.78, 5) is 10.6. The van der Waals surface area contributed by atoms with Gasteiger partial charge in [-0.25, -0.2) is 0 Å². The van der Waals surface area contributed by atoms with Crippen molar-refractivity contribution in [2.45, 2.75) is 69.9 Å². The lowest BCUT2D eigenvalue weighted by molar-refractivity contribution is -0.572. The van der Waals surface area contributed by atoms with Crippen LogP contribution in [-0.2, 0) is 0 Å². The summed E-state index contributed by atoms with van der Waals surface area (Å²) in [5.41, 5.74) is 4.70. The van der Waals surface area contributed by atoms with Crippen molar-refractivity contribution >= 4 is 0 Å². The van der Waals surface area contributed by atoms with Crippen LogP contribution in [0.4, 0.5) is 0 Å². The Hall–Kier alpha value is -0.640. The molecule has 0 saturated heterocycles. The molecule has 0 aromatic rings. The van der Waals surface area contributed by atoms with Crippen LogP contribution < -0.4 is 5.73 Å². The molecule has 0 radical (unpaired) electrons. The Labute approximate surface area is 91.4 Å². The predicted octanol–water partition coefficient (Wildman–Crippen LogP) is 2.83. The summed E-state index contributed by atoms with van der Waals surface area (Å²) in [5.74, 6) is 0. The SMILES string of the molecule is NC1([N+](=O)[O-])CCCCCCCCCC1. The predicted molar refractivity (Wildman–Crippen MR) is 60.1 cm³/mol. The fraction of sp³-hybridized carbons (Fsp3) is 1.00. The van der Waals surface area contributed by atoms with Crippen LogP contribution >= 0.6 is 0 Å². The maximum Gasteiger partial charge on any atom is 0.272 e. The van der Waals surface area contributed by atoms with E-state index in [4.69, 9.17) is 5.73 Å². The molecule has 0 heterocycles. The second-order valence-electron chi connectivity index (χ2n) is 4.69. The number of hydrogen-bond donors (Lipinski definition) is 1. The van der Waals surface area contributed by atoms with Crippen molar-refractivity contribution in [1.82, 2.24) is 0 Å². The van der Waals surface area contributed by atoms with Crippen molar-refractivity contribution in [3.63, 3.8) is 0 Å². The average Bonchev–Trinajstić information content (AvgIpc) is 2.24. The summed E-state index contributed by atoms with van der Waals surface area (Å²) in [6, 6.07) is 0. The molecule has 88 valence electrons. The van der Waals surface area contributed by atoms with Gasteiger partial charge in [-0.3, -0.25) is 15.8 Å². The molecule has 4 nitrogen and oxygen atoms in total. The first-order valence-corrected chi connectivity index (χ1v) is 6.08. The van der Waals surface area contributed by atoms with Crippen molar-refractivity contribution in [3.05, 3.63) is 10.1 Å². The molecule has 0 spiro atoms. The van der Waals surface area contributed by atoms with Crippen LogP contribution in [0.25, 0.3) is 0 Å². The number of nitro groups is 1. The minimum Gasteiger partial charge on any atom is -0.266 e. The van der Waals surface area contributed by atoms with Gasteiger partial charge in [-0.1, -0.05) is 38.5 Å². The van der Waals surface area contributed by atoms with Crippen LogP contribution in [0, 0.1) is 10.1 Å². The molecule has 15 heavy (non-hydrogen) atoms. The van der Waals surface area contributed by atoms with Gasteiger partial charge in [0.2, 0.25) is 0 Å². The molecule has 0 aliphatic heterocycles. The summed E-state index contributed by atoms with van der Waals surface area (Å²) < 4.78 is 0. The summed E-state index contributed by atoms with van der Waals surface area (Å²) in [5, 5.41) is 10.9. The number of rotatable bonds is 1. The fourth-order valence-corrected chi connectivity index (χ4v) is 2.23. The van der Waals surface area contributed by atoms with Gasteiger partial charge in [0, 0.05) is 17.8 Å². The van der Waals surface area contributed by atoms with Crippen molar-refractivity contribution in [2.75, 3.05) is 0 Å². The van der Waals surface area contributed by atoms with E-state index in [0.29, 0.717) is 12.8 Å². The van der Waals surface area contributed by atoms with E-state index in [0.717, 1.165) is 25.7 Å². The highest BCUT2D eigenvalue weighted by Gasteiger charge is 2.36. The lowest BCUT2D eigenvalue weighted by Crippen LogP contribution is -2.47. The first kappa shape index (κ1) is 12.4. The van der Waals surface area contributed by atoms with Crippen molar-refractivity contribution < 1.29 is 4.92 Å². The molecule has 1 fully saturated rings. The van der Waals surface area contributed by atoms with Crippen LogP contribution in [0.5, 0.6) is 0 Å². The van der Waals surface area contributed by atoms with Crippen molar-refractivity contribution in [2.24, 2.45) is 5.73 Å². The number of hydrogen-bond acceptors (Lipinski definition) is 3. The molecule has 0 amide bonds. The molecular formula is C11H22N2O2. The van der Waals surface area contributed by atoms with Gasteiger partial charge in [0.1, 0.15) is 0 Å². The topological polar surface area (TPSA) is 69.2 Å². The second kappa shape index (κ2) is 6.05. The Balaban J connectivity index is 2.49. The van der Waals surface area contributed by atoms with Gasteiger partial charge in [0.05, 0.1) is 0 Å². The summed E-state index contributed by atoms with van der Waals surface area (Å²) in [6.07, 6.45) is 10.0. The Morgan fingerprint density at radius 3 is 1.53 bits per heavy atom. The molecule has 0 aromatic carbocycles. The van der Waals surface area contributed by atoms with E-state index in [9.17, 15) is 10.1 Å². The van der Waals surface area contributed by atoms with E-state index >= 15 is 0 Å². The second-order valence-corrected chi connectivity index (χ2v) is 4.69. The zero-order chi connectivity index (χ0) is 11.1. The molecule has 0 atom stereocenters. The summed E-state index contributed by atoms with van der Waals surface area (Å²) >= 11 is 0. The normalized spacial score (nSPS) is 24.1. The van der Waals surface area contributed by atoms with E-state index in [1.807, 2.05) is 0 Å². The maximum atomic E-state index is 10.9. The van der Waals surface area contributed by atoms with Crippen molar-refractivity contribution in [1.29, 1.82) is 0 Å². The van der Waals surface area contributed by atoms with E-state index < -0.39 is 5.66 Å². The van der Waals surface area contributed by atoms with Crippen LogP contribution in [0.3, 0.4) is 0 Å². The number of nitrogens with two attached hydrogens (primary N) is 1. The number of nitrogens with zero attached hydrogens (tertiary/aromatic N) is 1. The van der Waals surface area contributed by atoms with Crippen LogP contribution in [0.1, 0.15) is 64.2 Å². The first-order valence-electron chi connectivity index (χ1n) is 6.08.